The van der Waals surface area contributed by atoms with E-state index in [-0.39, 0.29) is 11.5 Å². The molecule has 0 radical (unpaired) electrons. The fourth-order valence-electron chi connectivity index (χ4n) is 2.03. The van der Waals surface area contributed by atoms with Gasteiger partial charge in [0, 0.05) is 25.0 Å². The van der Waals surface area contributed by atoms with E-state index >= 15 is 0 Å². The zero-order valence-electron chi connectivity index (χ0n) is 12.7. The minimum Gasteiger partial charge on any atom is -0.370 e. The van der Waals surface area contributed by atoms with Gasteiger partial charge in [-0.1, -0.05) is 0 Å². The molecule has 0 aliphatic heterocycles. The fraction of sp³-hybridized carbons (Fsp3) is 0.133. The number of hydrogen-bond donors (Lipinski definition) is 2. The summed E-state index contributed by atoms with van der Waals surface area (Å²) >= 11 is 0. The molecule has 0 aromatic carbocycles. The first-order valence-electron chi connectivity index (χ1n) is 7.12. The van der Waals surface area contributed by atoms with Gasteiger partial charge in [-0.3, -0.25) is 4.98 Å². The van der Waals surface area contributed by atoms with Crippen LogP contribution in [0.5, 0.6) is 0 Å². The van der Waals surface area contributed by atoms with Crippen LogP contribution in [-0.4, -0.2) is 31.5 Å². The van der Waals surface area contributed by atoms with Crippen molar-refractivity contribution < 1.29 is 8.78 Å². The second-order valence-corrected chi connectivity index (χ2v) is 4.68. The molecule has 3 heterocycles. The molecule has 0 saturated carbocycles. The van der Waals surface area contributed by atoms with E-state index in [1.54, 1.807) is 6.07 Å². The van der Waals surface area contributed by atoms with Crippen molar-refractivity contribution in [3.05, 3.63) is 48.8 Å². The molecule has 0 spiro atoms. The standard InChI is InChI=1S/C15H13F2N7/c1-2-19-12-5-11(22-8-23-12)14-15(21-4-3-20-14)24-13-9(16)6-18-7-10(13)17/h3-8H,2H2,1H3,(H,18,21,24)(H,19,22,23). The summed E-state index contributed by atoms with van der Waals surface area (Å²) in [5, 5.41) is 5.67. The minimum absolute atomic E-state index is 0.169. The molecular weight excluding hydrogens is 316 g/mol. The molecule has 0 unspecified atom stereocenters. The summed E-state index contributed by atoms with van der Waals surface area (Å²) in [7, 11) is 0. The molecule has 0 aliphatic rings. The van der Waals surface area contributed by atoms with E-state index in [2.05, 4.69) is 35.6 Å². The van der Waals surface area contributed by atoms with Crippen LogP contribution in [0.1, 0.15) is 6.92 Å². The van der Waals surface area contributed by atoms with Crippen LogP contribution in [0, 0.1) is 11.6 Å². The lowest BCUT2D eigenvalue weighted by molar-refractivity contribution is 0.580. The summed E-state index contributed by atoms with van der Waals surface area (Å²) in [4.78, 5) is 20.0. The Labute approximate surface area is 136 Å². The van der Waals surface area contributed by atoms with E-state index in [1.807, 2.05) is 6.92 Å². The highest BCUT2D eigenvalue weighted by Crippen LogP contribution is 2.27. The molecule has 0 aliphatic carbocycles. The topological polar surface area (TPSA) is 88.5 Å². The van der Waals surface area contributed by atoms with Crippen molar-refractivity contribution in [2.45, 2.75) is 6.92 Å². The normalized spacial score (nSPS) is 10.5. The van der Waals surface area contributed by atoms with Crippen LogP contribution in [0.3, 0.4) is 0 Å². The van der Waals surface area contributed by atoms with Gasteiger partial charge in [0.2, 0.25) is 0 Å². The predicted octanol–water partition coefficient (Wildman–Crippen LogP) is 2.78. The SMILES string of the molecule is CCNc1cc(-c2nccnc2Nc2c(F)cncc2F)ncn1. The van der Waals surface area contributed by atoms with Gasteiger partial charge in [0.05, 0.1) is 18.1 Å². The third kappa shape index (κ3) is 3.24. The summed E-state index contributed by atoms with van der Waals surface area (Å²) < 4.78 is 27.6. The maximum atomic E-state index is 13.8. The number of nitrogens with one attached hydrogen (secondary N) is 2. The van der Waals surface area contributed by atoms with Gasteiger partial charge < -0.3 is 10.6 Å². The molecule has 3 aromatic rings. The van der Waals surface area contributed by atoms with Crippen molar-refractivity contribution in [3.63, 3.8) is 0 Å². The number of nitrogens with zero attached hydrogens (tertiary/aromatic N) is 5. The first-order valence-corrected chi connectivity index (χ1v) is 7.12. The van der Waals surface area contributed by atoms with Gasteiger partial charge >= 0.3 is 0 Å². The van der Waals surface area contributed by atoms with Crippen molar-refractivity contribution in [2.24, 2.45) is 0 Å². The third-order valence-electron chi connectivity index (χ3n) is 3.06. The van der Waals surface area contributed by atoms with E-state index in [9.17, 15) is 8.78 Å². The molecule has 0 atom stereocenters. The van der Waals surface area contributed by atoms with E-state index < -0.39 is 11.6 Å². The molecule has 0 saturated heterocycles. The van der Waals surface area contributed by atoms with Crippen molar-refractivity contribution in [1.29, 1.82) is 0 Å². The number of aromatic nitrogens is 5. The van der Waals surface area contributed by atoms with Crippen molar-refractivity contribution in [3.8, 4) is 11.4 Å². The average molecular weight is 329 g/mol. The maximum absolute atomic E-state index is 13.8. The molecule has 0 amide bonds. The maximum Gasteiger partial charge on any atom is 0.167 e. The molecule has 3 aromatic heterocycles. The molecule has 0 fully saturated rings. The third-order valence-corrected chi connectivity index (χ3v) is 3.06. The Bertz CT molecular complexity index is 836. The number of hydrogen-bond acceptors (Lipinski definition) is 7. The molecule has 122 valence electrons. The lowest BCUT2D eigenvalue weighted by atomic mass is 10.2. The second kappa shape index (κ2) is 6.90. The highest BCUT2D eigenvalue weighted by molar-refractivity contribution is 5.73. The molecule has 3 rings (SSSR count). The van der Waals surface area contributed by atoms with Gasteiger partial charge in [-0.25, -0.2) is 28.7 Å². The Hall–Kier alpha value is -3.23. The monoisotopic (exact) mass is 329 g/mol. The van der Waals surface area contributed by atoms with Crippen LogP contribution in [0.15, 0.2) is 37.2 Å². The summed E-state index contributed by atoms with van der Waals surface area (Å²) in [6.07, 6.45) is 6.08. The second-order valence-electron chi connectivity index (χ2n) is 4.68. The van der Waals surface area contributed by atoms with Gasteiger partial charge in [-0.15, -0.1) is 0 Å². The Morgan fingerprint density at radius 1 is 1.00 bits per heavy atom. The van der Waals surface area contributed by atoms with Crippen LogP contribution in [0.2, 0.25) is 0 Å². The molecule has 9 heteroatoms. The van der Waals surface area contributed by atoms with Gasteiger partial charge in [-0.05, 0) is 6.92 Å². The van der Waals surface area contributed by atoms with Crippen LogP contribution < -0.4 is 10.6 Å². The molecule has 24 heavy (non-hydrogen) atoms. The van der Waals surface area contributed by atoms with Gasteiger partial charge in [0.1, 0.15) is 23.5 Å². The zero-order chi connectivity index (χ0) is 16.9. The highest BCUT2D eigenvalue weighted by atomic mass is 19.1. The lowest BCUT2D eigenvalue weighted by Crippen LogP contribution is -2.04. The number of pyridine rings is 1. The summed E-state index contributed by atoms with van der Waals surface area (Å²) in [5.74, 6) is -0.881. The average Bonchev–Trinajstić information content (AvgIpc) is 2.59. The van der Waals surface area contributed by atoms with Crippen LogP contribution in [0.25, 0.3) is 11.4 Å². The number of halogens is 2. The minimum atomic E-state index is -0.831. The smallest absolute Gasteiger partial charge is 0.167 e. The Balaban J connectivity index is 2.01. The fourth-order valence-corrected chi connectivity index (χ4v) is 2.03. The Morgan fingerprint density at radius 3 is 2.50 bits per heavy atom. The largest absolute Gasteiger partial charge is 0.370 e. The van der Waals surface area contributed by atoms with Crippen LogP contribution in [-0.2, 0) is 0 Å². The Kier molecular flexibility index (Phi) is 4.50. The van der Waals surface area contributed by atoms with Crippen molar-refractivity contribution in [2.75, 3.05) is 17.2 Å². The van der Waals surface area contributed by atoms with Gasteiger partial charge in [0.15, 0.2) is 17.5 Å². The quantitative estimate of drug-likeness (QED) is 0.744. The number of anilines is 3. The van der Waals surface area contributed by atoms with Crippen molar-refractivity contribution in [1.82, 2.24) is 24.9 Å². The van der Waals surface area contributed by atoms with Gasteiger partial charge in [0.25, 0.3) is 0 Å². The van der Waals surface area contributed by atoms with Crippen molar-refractivity contribution >= 4 is 17.3 Å². The van der Waals surface area contributed by atoms with E-state index in [0.29, 0.717) is 23.8 Å². The zero-order valence-corrected chi connectivity index (χ0v) is 12.7. The lowest BCUT2D eigenvalue weighted by Gasteiger charge is -2.11. The van der Waals surface area contributed by atoms with E-state index in [0.717, 1.165) is 12.4 Å². The number of rotatable bonds is 5. The highest BCUT2D eigenvalue weighted by Gasteiger charge is 2.15. The predicted molar refractivity (Wildman–Crippen MR) is 84.7 cm³/mol. The summed E-state index contributed by atoms with van der Waals surface area (Å²) in [6.45, 7) is 2.63. The van der Waals surface area contributed by atoms with E-state index in [4.69, 9.17) is 0 Å². The van der Waals surface area contributed by atoms with Gasteiger partial charge in [-0.2, -0.15) is 0 Å². The van der Waals surface area contributed by atoms with Crippen LogP contribution in [0.4, 0.5) is 26.1 Å². The van der Waals surface area contributed by atoms with E-state index in [1.165, 1.54) is 18.7 Å². The first-order chi connectivity index (χ1) is 11.7. The Morgan fingerprint density at radius 2 is 1.75 bits per heavy atom. The molecule has 7 nitrogen and oxygen atoms in total. The summed E-state index contributed by atoms with van der Waals surface area (Å²) in [5.41, 5.74) is 0.453. The molecule has 2 N–H and O–H groups in total. The molecule has 0 bridgehead atoms. The van der Waals surface area contributed by atoms with Crippen LogP contribution >= 0.6 is 0 Å². The molecular formula is C15H13F2N7. The first kappa shape index (κ1) is 15.7. The summed E-state index contributed by atoms with van der Waals surface area (Å²) in [6, 6.07) is 1.68.